The van der Waals surface area contributed by atoms with E-state index >= 15 is 0 Å². The van der Waals surface area contributed by atoms with Crippen molar-refractivity contribution in [2.45, 2.75) is 0 Å². The highest BCUT2D eigenvalue weighted by atomic mass is 16.3. The fourth-order valence-corrected chi connectivity index (χ4v) is 1.18. The first kappa shape index (κ1) is 7.80. The smallest absolute Gasteiger partial charge is 0.117 e. The molecule has 2 rings (SSSR count). The Morgan fingerprint density at radius 1 is 1.08 bits per heavy atom. The van der Waals surface area contributed by atoms with Gasteiger partial charge in [-0.05, 0) is 18.2 Å². The van der Waals surface area contributed by atoms with Crippen LogP contribution in [0.15, 0.2) is 41.4 Å². The molecular weight excluding hydrogens is 162 g/mol. The quantitative estimate of drug-likeness (QED) is 0.639. The first-order valence-electron chi connectivity index (χ1n) is 4.07. The molecule has 13 heavy (non-hydrogen) atoms. The zero-order valence-corrected chi connectivity index (χ0v) is 7.01. The number of phenols is 1. The first-order valence-corrected chi connectivity index (χ1v) is 4.07. The number of allylic oxidation sites excluding steroid dienone is 3. The molecule has 0 bridgehead atoms. The number of nitrogens with zero attached hydrogens (tertiary/aromatic N) is 1. The molecule has 0 saturated heterocycles. The van der Waals surface area contributed by atoms with E-state index in [-0.39, 0.29) is 5.75 Å². The predicted octanol–water partition coefficient (Wildman–Crippen LogP) is 2.68. The van der Waals surface area contributed by atoms with Crippen LogP contribution in [0.5, 0.6) is 5.75 Å². The van der Waals surface area contributed by atoms with Crippen molar-refractivity contribution in [3.8, 4) is 5.75 Å². The van der Waals surface area contributed by atoms with Gasteiger partial charge in [0.2, 0.25) is 0 Å². The number of hydrogen-bond acceptors (Lipinski definition) is 2. The highest BCUT2D eigenvalue weighted by Crippen LogP contribution is 2.25. The van der Waals surface area contributed by atoms with Crippen LogP contribution in [0.4, 0.5) is 5.69 Å². The van der Waals surface area contributed by atoms with Gasteiger partial charge in [-0.2, -0.15) is 0 Å². The third kappa shape index (κ3) is 1.67. The Hall–Kier alpha value is -1.83. The molecule has 0 atom stereocenters. The number of aromatic hydroxyl groups is 1. The standard InChI is InChI=1S/C11H9NO/c13-10-6-5-9-4-2-1-3-7-12-11(9)8-10/h1-8,13H/b2-1?,3-1-,4-2?,7-3?,9-4?,12-7?,12-11?. The van der Waals surface area contributed by atoms with Gasteiger partial charge in [-0.25, -0.2) is 0 Å². The van der Waals surface area contributed by atoms with Crippen LogP contribution in [0, 0.1) is 0 Å². The van der Waals surface area contributed by atoms with Crippen LogP contribution in [0.3, 0.4) is 0 Å². The van der Waals surface area contributed by atoms with E-state index in [0.29, 0.717) is 0 Å². The molecule has 1 heterocycles. The minimum absolute atomic E-state index is 0.244. The van der Waals surface area contributed by atoms with Crippen molar-refractivity contribution in [3.63, 3.8) is 0 Å². The second-order valence-corrected chi connectivity index (χ2v) is 2.77. The number of aliphatic imine (C=N–C) groups is 1. The fourth-order valence-electron chi connectivity index (χ4n) is 1.18. The van der Waals surface area contributed by atoms with Gasteiger partial charge < -0.3 is 5.11 Å². The van der Waals surface area contributed by atoms with Gasteiger partial charge in [-0.15, -0.1) is 0 Å². The molecule has 0 unspecified atom stereocenters. The molecule has 2 nitrogen and oxygen atoms in total. The minimum Gasteiger partial charge on any atom is -0.508 e. The van der Waals surface area contributed by atoms with Gasteiger partial charge >= 0.3 is 0 Å². The summed E-state index contributed by atoms with van der Waals surface area (Å²) in [4.78, 5) is 4.18. The maximum Gasteiger partial charge on any atom is 0.117 e. The molecule has 64 valence electrons. The Balaban J connectivity index is 2.56. The van der Waals surface area contributed by atoms with Crippen LogP contribution in [-0.4, -0.2) is 11.3 Å². The molecule has 0 aromatic heterocycles. The van der Waals surface area contributed by atoms with Gasteiger partial charge in [0.05, 0.1) is 5.69 Å². The van der Waals surface area contributed by atoms with Crippen LogP contribution in [-0.2, 0) is 0 Å². The molecule has 0 radical (unpaired) electrons. The average molecular weight is 171 g/mol. The Kier molecular flexibility index (Phi) is 1.96. The molecular formula is C11H9NO. The zero-order valence-electron chi connectivity index (χ0n) is 7.01. The Labute approximate surface area is 76.6 Å². The van der Waals surface area contributed by atoms with Crippen molar-refractivity contribution in [3.05, 3.63) is 42.0 Å². The number of phenolic OH excluding ortho intramolecular Hbond substituents is 1. The lowest BCUT2D eigenvalue weighted by molar-refractivity contribution is 0.475. The lowest BCUT2D eigenvalue weighted by Crippen LogP contribution is -1.77. The van der Waals surface area contributed by atoms with Crippen LogP contribution in [0.25, 0.3) is 6.08 Å². The summed E-state index contributed by atoms with van der Waals surface area (Å²) < 4.78 is 0. The lowest BCUT2D eigenvalue weighted by atomic mass is 10.1. The Morgan fingerprint density at radius 3 is 2.92 bits per heavy atom. The monoisotopic (exact) mass is 171 g/mol. The Morgan fingerprint density at radius 2 is 2.00 bits per heavy atom. The second-order valence-electron chi connectivity index (χ2n) is 2.77. The van der Waals surface area contributed by atoms with Crippen molar-refractivity contribution in [2.24, 2.45) is 4.99 Å². The van der Waals surface area contributed by atoms with E-state index < -0.39 is 0 Å². The average Bonchev–Trinajstić information content (AvgIpc) is 2.08. The fraction of sp³-hybridized carbons (Fsp3) is 0. The van der Waals surface area contributed by atoms with Crippen molar-refractivity contribution in [1.82, 2.24) is 0 Å². The minimum atomic E-state index is 0.244. The molecule has 1 aromatic carbocycles. The summed E-state index contributed by atoms with van der Waals surface area (Å²) in [6.45, 7) is 0. The lowest BCUT2D eigenvalue weighted by Gasteiger charge is -2.01. The van der Waals surface area contributed by atoms with Crippen LogP contribution in [0.2, 0.25) is 0 Å². The van der Waals surface area contributed by atoms with Crippen molar-refractivity contribution in [1.29, 1.82) is 0 Å². The molecule has 1 N–H and O–H groups in total. The molecule has 0 spiro atoms. The van der Waals surface area contributed by atoms with Crippen LogP contribution < -0.4 is 0 Å². The van der Waals surface area contributed by atoms with Crippen LogP contribution >= 0.6 is 0 Å². The van der Waals surface area contributed by atoms with Gasteiger partial charge in [0.1, 0.15) is 5.75 Å². The first-order chi connectivity index (χ1) is 6.36. The summed E-state index contributed by atoms with van der Waals surface area (Å²) in [6, 6.07) is 5.15. The van der Waals surface area contributed by atoms with Gasteiger partial charge in [0.25, 0.3) is 0 Å². The van der Waals surface area contributed by atoms with Gasteiger partial charge in [-0.1, -0.05) is 18.2 Å². The normalized spacial score (nSPS) is 16.0. The number of benzene rings is 1. The number of rotatable bonds is 0. The van der Waals surface area contributed by atoms with Gasteiger partial charge in [0, 0.05) is 17.8 Å². The van der Waals surface area contributed by atoms with E-state index in [2.05, 4.69) is 4.99 Å². The van der Waals surface area contributed by atoms with E-state index in [1.807, 2.05) is 30.4 Å². The number of hydrogen-bond donors (Lipinski definition) is 1. The highest BCUT2D eigenvalue weighted by Gasteiger charge is 1.98. The molecule has 1 aliphatic heterocycles. The maximum atomic E-state index is 9.23. The zero-order chi connectivity index (χ0) is 9.10. The number of fused-ring (bicyclic) bond motifs is 1. The largest absolute Gasteiger partial charge is 0.508 e. The van der Waals surface area contributed by atoms with E-state index in [0.717, 1.165) is 11.3 Å². The molecule has 0 fully saturated rings. The van der Waals surface area contributed by atoms with Crippen molar-refractivity contribution >= 4 is 18.0 Å². The second kappa shape index (κ2) is 3.27. The van der Waals surface area contributed by atoms with Crippen molar-refractivity contribution in [2.75, 3.05) is 0 Å². The van der Waals surface area contributed by atoms with E-state index in [1.165, 1.54) is 0 Å². The summed E-state index contributed by atoms with van der Waals surface area (Å²) in [5, 5.41) is 9.23. The summed E-state index contributed by atoms with van der Waals surface area (Å²) in [5.74, 6) is 0.244. The molecule has 0 amide bonds. The predicted molar refractivity (Wildman–Crippen MR) is 54.4 cm³/mol. The molecule has 0 saturated carbocycles. The third-order valence-electron chi connectivity index (χ3n) is 1.81. The summed E-state index contributed by atoms with van der Waals surface area (Å²) in [7, 11) is 0. The SMILES string of the molecule is Oc1ccc2c(c1)N=C/C=C\C=C2. The molecule has 1 aromatic rings. The summed E-state index contributed by atoms with van der Waals surface area (Å²) >= 11 is 0. The molecule has 0 aliphatic carbocycles. The van der Waals surface area contributed by atoms with Gasteiger partial charge in [0.15, 0.2) is 0 Å². The van der Waals surface area contributed by atoms with Gasteiger partial charge in [-0.3, -0.25) is 4.99 Å². The Bertz CT molecular complexity index is 403. The van der Waals surface area contributed by atoms with E-state index in [1.54, 1.807) is 18.3 Å². The van der Waals surface area contributed by atoms with Crippen molar-refractivity contribution < 1.29 is 5.11 Å². The summed E-state index contributed by atoms with van der Waals surface area (Å²) in [6.07, 6.45) is 9.38. The topological polar surface area (TPSA) is 32.6 Å². The molecule has 2 heteroatoms. The highest BCUT2D eigenvalue weighted by molar-refractivity contribution is 5.80. The third-order valence-corrected chi connectivity index (χ3v) is 1.81. The summed E-state index contributed by atoms with van der Waals surface area (Å²) in [5.41, 5.74) is 1.80. The molecule has 1 aliphatic rings. The maximum absolute atomic E-state index is 9.23. The van der Waals surface area contributed by atoms with Crippen LogP contribution in [0.1, 0.15) is 5.56 Å². The van der Waals surface area contributed by atoms with E-state index in [4.69, 9.17) is 0 Å². The van der Waals surface area contributed by atoms with E-state index in [9.17, 15) is 5.11 Å².